The van der Waals surface area contributed by atoms with Gasteiger partial charge in [0.2, 0.25) is 0 Å². The van der Waals surface area contributed by atoms with Crippen LogP contribution in [0.25, 0.3) is 0 Å². The van der Waals surface area contributed by atoms with Crippen LogP contribution in [-0.4, -0.2) is 23.2 Å². The molecule has 3 nitrogen and oxygen atoms in total. The fourth-order valence-electron chi connectivity index (χ4n) is 4.16. The molecule has 2 fully saturated rings. The maximum Gasteiger partial charge on any atom is 0.306 e. The molecule has 2 aliphatic rings. The summed E-state index contributed by atoms with van der Waals surface area (Å²) in [6.45, 7) is 4.65. The van der Waals surface area contributed by atoms with Crippen LogP contribution >= 0.6 is 0 Å². The predicted molar refractivity (Wildman–Crippen MR) is 81.7 cm³/mol. The van der Waals surface area contributed by atoms with Gasteiger partial charge in [0.15, 0.2) is 0 Å². The van der Waals surface area contributed by atoms with Gasteiger partial charge in [-0.25, -0.2) is 0 Å². The lowest BCUT2D eigenvalue weighted by Gasteiger charge is -2.35. The Bertz CT molecular complexity index is 308. The normalized spacial score (nSPS) is 35.1. The van der Waals surface area contributed by atoms with Crippen molar-refractivity contribution >= 4 is 5.97 Å². The van der Waals surface area contributed by atoms with E-state index in [1.807, 2.05) is 0 Å². The Morgan fingerprint density at radius 1 is 1.10 bits per heavy atom. The largest absolute Gasteiger partial charge is 0.481 e. The first-order valence-corrected chi connectivity index (χ1v) is 8.53. The molecule has 2 saturated carbocycles. The maximum atomic E-state index is 11.0. The van der Waals surface area contributed by atoms with Crippen molar-refractivity contribution in [3.63, 3.8) is 0 Å². The molecule has 116 valence electrons. The molecule has 20 heavy (non-hydrogen) atoms. The van der Waals surface area contributed by atoms with Gasteiger partial charge in [0.25, 0.3) is 0 Å². The molecule has 0 aromatic heterocycles. The van der Waals surface area contributed by atoms with E-state index in [2.05, 4.69) is 19.2 Å². The summed E-state index contributed by atoms with van der Waals surface area (Å²) in [6, 6.07) is 1.24. The minimum absolute atomic E-state index is 0.0897. The summed E-state index contributed by atoms with van der Waals surface area (Å²) in [5.41, 5.74) is 0. The quantitative estimate of drug-likeness (QED) is 0.805. The first-order valence-electron chi connectivity index (χ1n) is 8.53. The molecule has 0 heterocycles. The second kappa shape index (κ2) is 7.44. The smallest absolute Gasteiger partial charge is 0.306 e. The Balaban J connectivity index is 1.72. The molecule has 2 rings (SSSR count). The topological polar surface area (TPSA) is 49.3 Å². The van der Waals surface area contributed by atoms with Crippen molar-refractivity contribution in [3.05, 3.63) is 0 Å². The number of aliphatic carboxylic acids is 1. The van der Waals surface area contributed by atoms with E-state index in [0.717, 1.165) is 37.5 Å². The zero-order valence-electron chi connectivity index (χ0n) is 13.1. The molecule has 0 bridgehead atoms. The van der Waals surface area contributed by atoms with Crippen LogP contribution in [0.5, 0.6) is 0 Å². The highest BCUT2D eigenvalue weighted by molar-refractivity contribution is 5.70. The number of rotatable bonds is 5. The first-order chi connectivity index (χ1) is 9.54. The van der Waals surface area contributed by atoms with Gasteiger partial charge in [0, 0.05) is 12.1 Å². The minimum atomic E-state index is -0.599. The van der Waals surface area contributed by atoms with E-state index in [1.54, 1.807) is 0 Å². The van der Waals surface area contributed by atoms with Crippen LogP contribution in [-0.2, 0) is 4.79 Å². The number of carboxylic acid groups (broad SMARTS) is 1. The van der Waals surface area contributed by atoms with E-state index in [9.17, 15) is 4.79 Å². The van der Waals surface area contributed by atoms with Crippen LogP contribution in [0.2, 0.25) is 0 Å². The Morgan fingerprint density at radius 2 is 1.80 bits per heavy atom. The molecule has 0 aromatic carbocycles. The van der Waals surface area contributed by atoms with Crippen LogP contribution in [0.1, 0.15) is 71.6 Å². The van der Waals surface area contributed by atoms with Gasteiger partial charge in [-0.2, -0.15) is 0 Å². The Kier molecular flexibility index (Phi) is 5.88. The van der Waals surface area contributed by atoms with Crippen molar-refractivity contribution in [2.45, 2.75) is 83.7 Å². The summed E-state index contributed by atoms with van der Waals surface area (Å²) in [7, 11) is 0. The van der Waals surface area contributed by atoms with Crippen molar-refractivity contribution in [2.75, 3.05) is 0 Å². The van der Waals surface area contributed by atoms with Crippen LogP contribution in [0.4, 0.5) is 0 Å². The van der Waals surface area contributed by atoms with E-state index in [-0.39, 0.29) is 5.92 Å². The Hall–Kier alpha value is -0.570. The molecule has 2 atom stereocenters. The van der Waals surface area contributed by atoms with Gasteiger partial charge in [-0.05, 0) is 56.8 Å². The molecule has 0 amide bonds. The van der Waals surface area contributed by atoms with Crippen molar-refractivity contribution in [3.8, 4) is 0 Å². The molecule has 2 aliphatic carbocycles. The van der Waals surface area contributed by atoms with Crippen LogP contribution in [0.3, 0.4) is 0 Å². The third-order valence-electron chi connectivity index (χ3n) is 5.14. The predicted octanol–water partition coefficient (Wildman–Crippen LogP) is 3.82. The lowest BCUT2D eigenvalue weighted by atomic mass is 9.80. The molecule has 0 saturated heterocycles. The third kappa shape index (κ3) is 4.76. The van der Waals surface area contributed by atoms with Crippen molar-refractivity contribution in [2.24, 2.45) is 17.8 Å². The first kappa shape index (κ1) is 15.8. The standard InChI is InChI=1S/C17H31NO2/c1-12(2)10-13-4-3-5-16(11-13)18-15-8-6-14(7-9-15)17(19)20/h12-16,18H,3-11H2,1-2H3,(H,19,20). The fraction of sp³-hybridized carbons (Fsp3) is 0.941. The van der Waals surface area contributed by atoms with Crippen LogP contribution in [0.15, 0.2) is 0 Å². The Morgan fingerprint density at radius 3 is 2.40 bits per heavy atom. The number of nitrogens with one attached hydrogen (secondary N) is 1. The number of hydrogen-bond acceptors (Lipinski definition) is 2. The summed E-state index contributed by atoms with van der Waals surface area (Å²) in [4.78, 5) is 11.0. The van der Waals surface area contributed by atoms with E-state index < -0.39 is 5.97 Å². The van der Waals surface area contributed by atoms with Gasteiger partial charge in [0.1, 0.15) is 0 Å². The third-order valence-corrected chi connectivity index (χ3v) is 5.14. The van der Waals surface area contributed by atoms with Gasteiger partial charge in [-0.3, -0.25) is 4.79 Å². The summed E-state index contributed by atoms with van der Waals surface area (Å²) >= 11 is 0. The fourth-order valence-corrected chi connectivity index (χ4v) is 4.16. The number of hydrogen-bond donors (Lipinski definition) is 2. The second-order valence-electron chi connectivity index (χ2n) is 7.41. The van der Waals surface area contributed by atoms with Gasteiger partial charge in [-0.15, -0.1) is 0 Å². The zero-order chi connectivity index (χ0) is 14.5. The monoisotopic (exact) mass is 281 g/mol. The number of carboxylic acids is 1. The summed E-state index contributed by atoms with van der Waals surface area (Å²) < 4.78 is 0. The zero-order valence-corrected chi connectivity index (χ0v) is 13.1. The molecular formula is C17H31NO2. The average Bonchev–Trinajstić information content (AvgIpc) is 2.39. The summed E-state index contributed by atoms with van der Waals surface area (Å²) in [5, 5.41) is 12.9. The molecule has 2 N–H and O–H groups in total. The highest BCUT2D eigenvalue weighted by Crippen LogP contribution is 2.31. The van der Waals surface area contributed by atoms with Crippen LogP contribution < -0.4 is 5.32 Å². The summed E-state index contributed by atoms with van der Waals surface area (Å²) in [6.07, 6.45) is 10.6. The van der Waals surface area contributed by atoms with Crippen LogP contribution in [0, 0.1) is 17.8 Å². The lowest BCUT2D eigenvalue weighted by molar-refractivity contribution is -0.142. The van der Waals surface area contributed by atoms with Gasteiger partial charge in [0.05, 0.1) is 5.92 Å². The molecule has 0 spiro atoms. The van der Waals surface area contributed by atoms with Gasteiger partial charge < -0.3 is 10.4 Å². The van der Waals surface area contributed by atoms with Crippen molar-refractivity contribution in [1.29, 1.82) is 0 Å². The molecule has 0 aliphatic heterocycles. The number of carbonyl (C=O) groups is 1. The SMILES string of the molecule is CC(C)CC1CCCC(NC2CCC(C(=O)O)CC2)C1. The second-order valence-corrected chi connectivity index (χ2v) is 7.41. The molecule has 2 unspecified atom stereocenters. The van der Waals surface area contributed by atoms with E-state index in [1.165, 1.54) is 32.1 Å². The van der Waals surface area contributed by atoms with Crippen molar-refractivity contribution < 1.29 is 9.90 Å². The van der Waals surface area contributed by atoms with E-state index in [4.69, 9.17) is 5.11 Å². The van der Waals surface area contributed by atoms with Gasteiger partial charge in [-0.1, -0.05) is 26.7 Å². The highest BCUT2D eigenvalue weighted by Gasteiger charge is 2.29. The summed E-state index contributed by atoms with van der Waals surface area (Å²) in [5.74, 6) is 1.02. The van der Waals surface area contributed by atoms with E-state index >= 15 is 0 Å². The average molecular weight is 281 g/mol. The van der Waals surface area contributed by atoms with Gasteiger partial charge >= 0.3 is 5.97 Å². The molecule has 3 heteroatoms. The molecule has 0 aromatic rings. The lowest BCUT2D eigenvalue weighted by Crippen LogP contribution is -2.43. The van der Waals surface area contributed by atoms with E-state index in [0.29, 0.717) is 12.1 Å². The van der Waals surface area contributed by atoms with Crippen molar-refractivity contribution in [1.82, 2.24) is 5.32 Å². The molecule has 0 radical (unpaired) electrons. The molecular weight excluding hydrogens is 250 g/mol. The maximum absolute atomic E-state index is 11.0. The minimum Gasteiger partial charge on any atom is -0.481 e. The highest BCUT2D eigenvalue weighted by atomic mass is 16.4. The Labute approximate surface area is 123 Å².